The Morgan fingerprint density at radius 3 is 2.63 bits per heavy atom. The van der Waals surface area contributed by atoms with Gasteiger partial charge in [0.25, 0.3) is 0 Å². The maximum Gasteiger partial charge on any atom is 0.166 e. The fourth-order valence-electron chi connectivity index (χ4n) is 2.01. The number of nitrogens with zero attached hydrogens (tertiary/aromatic N) is 1. The second kappa shape index (κ2) is 4.98. The Labute approximate surface area is 111 Å². The normalized spacial score (nSPS) is 10.5. The molecule has 3 rings (SSSR count). The summed E-state index contributed by atoms with van der Waals surface area (Å²) in [5.41, 5.74) is 6.85. The van der Waals surface area contributed by atoms with Crippen LogP contribution in [0.4, 0.5) is 5.82 Å². The van der Waals surface area contributed by atoms with Crippen molar-refractivity contribution >= 4 is 16.6 Å². The second-order valence-electron chi connectivity index (χ2n) is 4.36. The zero-order valence-electron chi connectivity index (χ0n) is 10.4. The van der Waals surface area contributed by atoms with Crippen molar-refractivity contribution in [3.8, 4) is 5.75 Å². The van der Waals surface area contributed by atoms with E-state index >= 15 is 0 Å². The molecule has 2 aromatic carbocycles. The number of aromatic nitrogens is 1. The number of hydrogen-bond acceptors (Lipinski definition) is 3. The zero-order chi connectivity index (χ0) is 13.1. The number of nitrogen functional groups attached to an aromatic ring is 1. The molecular formula is C16H14N2O. The van der Waals surface area contributed by atoms with Gasteiger partial charge < -0.3 is 10.5 Å². The first-order valence-corrected chi connectivity index (χ1v) is 6.14. The van der Waals surface area contributed by atoms with Crippen LogP contribution in [0.1, 0.15) is 5.56 Å². The van der Waals surface area contributed by atoms with E-state index in [1.165, 1.54) is 10.8 Å². The third-order valence-corrected chi connectivity index (χ3v) is 3.01. The Kier molecular flexibility index (Phi) is 3.02. The van der Waals surface area contributed by atoms with Crippen molar-refractivity contribution in [1.82, 2.24) is 4.98 Å². The molecule has 0 fully saturated rings. The van der Waals surface area contributed by atoms with E-state index in [1.807, 2.05) is 24.3 Å². The van der Waals surface area contributed by atoms with Crippen LogP contribution in [0.2, 0.25) is 0 Å². The summed E-state index contributed by atoms with van der Waals surface area (Å²) in [7, 11) is 0. The molecule has 0 aliphatic heterocycles. The number of anilines is 1. The average Bonchev–Trinajstić information content (AvgIpc) is 2.46. The number of benzene rings is 2. The van der Waals surface area contributed by atoms with E-state index < -0.39 is 0 Å². The first-order chi connectivity index (χ1) is 9.33. The highest BCUT2D eigenvalue weighted by atomic mass is 16.5. The van der Waals surface area contributed by atoms with Gasteiger partial charge >= 0.3 is 0 Å². The molecule has 1 heterocycles. The van der Waals surface area contributed by atoms with Gasteiger partial charge in [-0.25, -0.2) is 4.98 Å². The molecule has 0 saturated carbocycles. The Bertz CT molecular complexity index is 710. The van der Waals surface area contributed by atoms with Gasteiger partial charge in [-0.3, -0.25) is 0 Å². The highest BCUT2D eigenvalue weighted by molar-refractivity contribution is 5.82. The van der Waals surface area contributed by atoms with Gasteiger partial charge in [0.2, 0.25) is 0 Å². The largest absolute Gasteiger partial charge is 0.485 e. The Hall–Kier alpha value is -2.55. The highest BCUT2D eigenvalue weighted by Gasteiger charge is 2.01. The lowest BCUT2D eigenvalue weighted by molar-refractivity contribution is 0.307. The van der Waals surface area contributed by atoms with Crippen LogP contribution >= 0.6 is 0 Å². The fraction of sp³-hybridized carbons (Fsp3) is 0.0625. The van der Waals surface area contributed by atoms with Crippen LogP contribution in [0, 0.1) is 0 Å². The van der Waals surface area contributed by atoms with E-state index in [2.05, 4.69) is 35.3 Å². The standard InChI is InChI=1S/C16H14N2O/c17-16-15(6-3-9-18-16)19-11-12-7-8-13-4-1-2-5-14(13)10-12/h1-10H,11H2,(H2,17,18). The quantitative estimate of drug-likeness (QED) is 0.775. The van der Waals surface area contributed by atoms with Gasteiger partial charge in [-0.1, -0.05) is 36.4 Å². The van der Waals surface area contributed by atoms with Crippen LogP contribution in [0.3, 0.4) is 0 Å². The summed E-state index contributed by atoms with van der Waals surface area (Å²) in [4.78, 5) is 3.99. The van der Waals surface area contributed by atoms with E-state index in [9.17, 15) is 0 Å². The van der Waals surface area contributed by atoms with Crippen molar-refractivity contribution in [2.75, 3.05) is 5.73 Å². The topological polar surface area (TPSA) is 48.1 Å². The fourth-order valence-corrected chi connectivity index (χ4v) is 2.01. The molecule has 0 amide bonds. The number of pyridine rings is 1. The Morgan fingerprint density at radius 1 is 0.947 bits per heavy atom. The van der Waals surface area contributed by atoms with Crippen LogP contribution < -0.4 is 10.5 Å². The van der Waals surface area contributed by atoms with E-state index in [0.29, 0.717) is 18.2 Å². The maximum atomic E-state index is 5.74. The minimum atomic E-state index is 0.420. The second-order valence-corrected chi connectivity index (χ2v) is 4.36. The maximum absolute atomic E-state index is 5.74. The number of nitrogens with two attached hydrogens (primary N) is 1. The number of ether oxygens (including phenoxy) is 1. The lowest BCUT2D eigenvalue weighted by atomic mass is 10.1. The van der Waals surface area contributed by atoms with Crippen LogP contribution in [-0.4, -0.2) is 4.98 Å². The van der Waals surface area contributed by atoms with Crippen molar-refractivity contribution in [1.29, 1.82) is 0 Å². The summed E-state index contributed by atoms with van der Waals surface area (Å²) < 4.78 is 5.68. The van der Waals surface area contributed by atoms with Gasteiger partial charge in [-0.15, -0.1) is 0 Å². The molecule has 1 aromatic heterocycles. The molecule has 3 heteroatoms. The van der Waals surface area contributed by atoms with E-state index in [0.717, 1.165) is 5.56 Å². The molecule has 0 saturated heterocycles. The van der Waals surface area contributed by atoms with Crippen molar-refractivity contribution in [3.63, 3.8) is 0 Å². The highest BCUT2D eigenvalue weighted by Crippen LogP contribution is 2.20. The minimum absolute atomic E-state index is 0.420. The smallest absolute Gasteiger partial charge is 0.166 e. The summed E-state index contributed by atoms with van der Waals surface area (Å²) in [6.45, 7) is 0.487. The molecule has 0 aliphatic carbocycles. The third kappa shape index (κ3) is 2.50. The SMILES string of the molecule is Nc1ncccc1OCc1ccc2ccccc2c1. The molecule has 2 N–H and O–H groups in total. The van der Waals surface area contributed by atoms with Gasteiger partial charge in [0.1, 0.15) is 6.61 Å². The number of hydrogen-bond donors (Lipinski definition) is 1. The molecule has 0 unspecified atom stereocenters. The lowest BCUT2D eigenvalue weighted by Gasteiger charge is -2.08. The zero-order valence-corrected chi connectivity index (χ0v) is 10.4. The number of fused-ring (bicyclic) bond motifs is 1. The molecule has 0 radical (unpaired) electrons. The first-order valence-electron chi connectivity index (χ1n) is 6.14. The van der Waals surface area contributed by atoms with Crippen LogP contribution in [-0.2, 0) is 6.61 Å². The summed E-state index contributed by atoms with van der Waals surface area (Å²) in [5, 5.41) is 2.44. The van der Waals surface area contributed by atoms with E-state index in [-0.39, 0.29) is 0 Å². The van der Waals surface area contributed by atoms with Crippen LogP contribution in [0.25, 0.3) is 10.8 Å². The molecule has 0 bridgehead atoms. The molecule has 94 valence electrons. The molecular weight excluding hydrogens is 236 g/mol. The molecule has 0 aliphatic rings. The monoisotopic (exact) mass is 250 g/mol. The van der Waals surface area contributed by atoms with Crippen molar-refractivity contribution in [2.24, 2.45) is 0 Å². The van der Waals surface area contributed by atoms with Crippen LogP contribution in [0.5, 0.6) is 5.75 Å². The summed E-state index contributed by atoms with van der Waals surface area (Å²) in [5.74, 6) is 1.04. The molecule has 3 nitrogen and oxygen atoms in total. The predicted molar refractivity (Wildman–Crippen MR) is 76.9 cm³/mol. The Balaban J connectivity index is 1.80. The first kappa shape index (κ1) is 11.5. The van der Waals surface area contributed by atoms with Gasteiger partial charge in [0.15, 0.2) is 11.6 Å². The van der Waals surface area contributed by atoms with Crippen molar-refractivity contribution in [3.05, 3.63) is 66.4 Å². The van der Waals surface area contributed by atoms with Gasteiger partial charge in [0.05, 0.1) is 0 Å². The van der Waals surface area contributed by atoms with Crippen molar-refractivity contribution in [2.45, 2.75) is 6.61 Å². The van der Waals surface area contributed by atoms with Gasteiger partial charge in [-0.05, 0) is 34.5 Å². The summed E-state index contributed by atoms with van der Waals surface area (Å²) >= 11 is 0. The number of rotatable bonds is 3. The lowest BCUT2D eigenvalue weighted by Crippen LogP contribution is -1.99. The van der Waals surface area contributed by atoms with Crippen LogP contribution in [0.15, 0.2) is 60.8 Å². The summed E-state index contributed by atoms with van der Waals surface area (Å²) in [6, 6.07) is 18.2. The van der Waals surface area contributed by atoms with Crippen molar-refractivity contribution < 1.29 is 4.74 Å². The van der Waals surface area contributed by atoms with E-state index in [1.54, 1.807) is 6.20 Å². The summed E-state index contributed by atoms with van der Waals surface area (Å²) in [6.07, 6.45) is 1.65. The van der Waals surface area contributed by atoms with E-state index in [4.69, 9.17) is 10.5 Å². The van der Waals surface area contributed by atoms with Gasteiger partial charge in [-0.2, -0.15) is 0 Å². The minimum Gasteiger partial charge on any atom is -0.485 e. The molecule has 0 atom stereocenters. The van der Waals surface area contributed by atoms with Gasteiger partial charge in [0, 0.05) is 6.20 Å². The predicted octanol–water partition coefficient (Wildman–Crippen LogP) is 3.40. The molecule has 3 aromatic rings. The Morgan fingerprint density at radius 2 is 1.79 bits per heavy atom. The third-order valence-electron chi connectivity index (χ3n) is 3.01. The molecule has 19 heavy (non-hydrogen) atoms. The average molecular weight is 250 g/mol. The molecule has 0 spiro atoms.